The van der Waals surface area contributed by atoms with E-state index in [0.717, 1.165) is 5.76 Å². The Kier molecular flexibility index (Phi) is 4.80. The SMILES string of the molecule is COc1c(Cl)cc(C(=O)N(C)Cc2ccc(C)o2)cc1Cl. The molecule has 2 rings (SSSR count). The molecule has 0 radical (unpaired) electrons. The maximum absolute atomic E-state index is 12.4. The molecule has 0 aliphatic rings. The molecule has 0 unspecified atom stereocenters. The molecule has 21 heavy (non-hydrogen) atoms. The summed E-state index contributed by atoms with van der Waals surface area (Å²) in [4.78, 5) is 13.9. The van der Waals surface area contributed by atoms with E-state index in [1.807, 2.05) is 19.1 Å². The first-order valence-corrected chi connectivity index (χ1v) is 7.01. The molecule has 1 aromatic heterocycles. The van der Waals surface area contributed by atoms with Crippen molar-refractivity contribution in [2.45, 2.75) is 13.5 Å². The zero-order valence-electron chi connectivity index (χ0n) is 11.9. The minimum atomic E-state index is -0.199. The number of nitrogens with zero attached hydrogens (tertiary/aromatic N) is 1. The first-order chi connectivity index (χ1) is 9.92. The minimum Gasteiger partial charge on any atom is -0.494 e. The molecule has 0 fully saturated rings. The predicted molar refractivity (Wildman–Crippen MR) is 82.3 cm³/mol. The van der Waals surface area contributed by atoms with E-state index in [4.69, 9.17) is 32.4 Å². The van der Waals surface area contributed by atoms with Crippen molar-refractivity contribution in [1.82, 2.24) is 4.90 Å². The number of carbonyl (C=O) groups is 1. The lowest BCUT2D eigenvalue weighted by Crippen LogP contribution is -2.26. The van der Waals surface area contributed by atoms with E-state index in [-0.39, 0.29) is 5.91 Å². The summed E-state index contributed by atoms with van der Waals surface area (Å²) in [6.07, 6.45) is 0. The van der Waals surface area contributed by atoms with Gasteiger partial charge in [0.05, 0.1) is 23.7 Å². The average molecular weight is 328 g/mol. The number of methoxy groups -OCH3 is 1. The second kappa shape index (κ2) is 6.41. The highest BCUT2D eigenvalue weighted by molar-refractivity contribution is 6.37. The van der Waals surface area contributed by atoms with Gasteiger partial charge in [0, 0.05) is 12.6 Å². The fourth-order valence-corrected chi connectivity index (χ4v) is 2.62. The number of hydrogen-bond acceptors (Lipinski definition) is 3. The molecule has 1 heterocycles. The lowest BCUT2D eigenvalue weighted by atomic mass is 10.2. The minimum absolute atomic E-state index is 0.199. The van der Waals surface area contributed by atoms with E-state index in [1.54, 1.807) is 19.2 Å². The zero-order chi connectivity index (χ0) is 15.6. The van der Waals surface area contributed by atoms with Gasteiger partial charge in [-0.25, -0.2) is 0 Å². The highest BCUT2D eigenvalue weighted by Crippen LogP contribution is 2.34. The largest absolute Gasteiger partial charge is 0.494 e. The van der Waals surface area contributed by atoms with Crippen molar-refractivity contribution in [3.05, 3.63) is 51.4 Å². The van der Waals surface area contributed by atoms with Gasteiger partial charge >= 0.3 is 0 Å². The fraction of sp³-hybridized carbons (Fsp3) is 0.267. The monoisotopic (exact) mass is 327 g/mol. The lowest BCUT2D eigenvalue weighted by Gasteiger charge is -2.17. The molecule has 0 saturated carbocycles. The summed E-state index contributed by atoms with van der Waals surface area (Å²) in [5.74, 6) is 1.69. The van der Waals surface area contributed by atoms with E-state index in [1.165, 1.54) is 12.0 Å². The summed E-state index contributed by atoms with van der Waals surface area (Å²) in [6, 6.07) is 6.78. The molecule has 6 heteroatoms. The van der Waals surface area contributed by atoms with Gasteiger partial charge in [0.2, 0.25) is 0 Å². The molecule has 0 saturated heterocycles. The van der Waals surface area contributed by atoms with E-state index >= 15 is 0 Å². The molecule has 0 N–H and O–H groups in total. The molecule has 0 spiro atoms. The number of furan rings is 1. The Bertz CT molecular complexity index is 644. The highest BCUT2D eigenvalue weighted by atomic mass is 35.5. The number of amides is 1. The van der Waals surface area contributed by atoms with Crippen LogP contribution in [0.25, 0.3) is 0 Å². The van der Waals surface area contributed by atoms with Gasteiger partial charge in [-0.1, -0.05) is 23.2 Å². The smallest absolute Gasteiger partial charge is 0.254 e. The maximum atomic E-state index is 12.4. The summed E-state index contributed by atoms with van der Waals surface area (Å²) < 4.78 is 10.5. The fourth-order valence-electron chi connectivity index (χ4n) is 1.97. The van der Waals surface area contributed by atoms with Gasteiger partial charge in [-0.15, -0.1) is 0 Å². The Labute approximate surface area is 133 Å². The molecular weight excluding hydrogens is 313 g/mol. The number of benzene rings is 1. The first kappa shape index (κ1) is 15.7. The van der Waals surface area contributed by atoms with Crippen molar-refractivity contribution in [2.24, 2.45) is 0 Å². The van der Waals surface area contributed by atoms with Crippen LogP contribution in [0.5, 0.6) is 5.75 Å². The van der Waals surface area contributed by atoms with E-state index in [9.17, 15) is 4.79 Å². The lowest BCUT2D eigenvalue weighted by molar-refractivity contribution is 0.0775. The van der Waals surface area contributed by atoms with Crippen LogP contribution in [0.15, 0.2) is 28.7 Å². The number of halogens is 2. The normalized spacial score (nSPS) is 10.5. The quantitative estimate of drug-likeness (QED) is 0.846. The molecule has 1 aromatic carbocycles. The number of rotatable bonds is 4. The predicted octanol–water partition coefficient (Wildman–Crippen LogP) is 4.18. The zero-order valence-corrected chi connectivity index (χ0v) is 13.5. The number of hydrogen-bond donors (Lipinski definition) is 0. The Hall–Kier alpha value is -1.65. The van der Waals surface area contributed by atoms with Crippen LogP contribution in [0.4, 0.5) is 0 Å². The maximum Gasteiger partial charge on any atom is 0.254 e. The first-order valence-electron chi connectivity index (χ1n) is 6.26. The molecule has 2 aromatic rings. The van der Waals surface area contributed by atoms with E-state index in [0.29, 0.717) is 33.7 Å². The van der Waals surface area contributed by atoms with Crippen molar-refractivity contribution in [3.63, 3.8) is 0 Å². The van der Waals surface area contributed by atoms with Gasteiger partial charge in [-0.3, -0.25) is 4.79 Å². The molecule has 0 bridgehead atoms. The van der Waals surface area contributed by atoms with Crippen LogP contribution >= 0.6 is 23.2 Å². The van der Waals surface area contributed by atoms with Crippen molar-refractivity contribution in [1.29, 1.82) is 0 Å². The van der Waals surface area contributed by atoms with Crippen LogP contribution in [0.2, 0.25) is 10.0 Å². The summed E-state index contributed by atoms with van der Waals surface area (Å²) in [6.45, 7) is 2.22. The Morgan fingerprint density at radius 1 is 1.29 bits per heavy atom. The third-order valence-electron chi connectivity index (χ3n) is 2.99. The Morgan fingerprint density at radius 3 is 2.38 bits per heavy atom. The van der Waals surface area contributed by atoms with Gasteiger partial charge in [0.1, 0.15) is 11.5 Å². The van der Waals surface area contributed by atoms with Crippen LogP contribution in [0.1, 0.15) is 21.9 Å². The van der Waals surface area contributed by atoms with Gasteiger partial charge in [0.15, 0.2) is 5.75 Å². The van der Waals surface area contributed by atoms with Gasteiger partial charge in [-0.05, 0) is 31.2 Å². The third kappa shape index (κ3) is 3.52. The topological polar surface area (TPSA) is 42.7 Å². The summed E-state index contributed by atoms with van der Waals surface area (Å²) in [5.41, 5.74) is 0.400. The highest BCUT2D eigenvalue weighted by Gasteiger charge is 2.17. The molecule has 0 aliphatic heterocycles. The van der Waals surface area contributed by atoms with E-state index in [2.05, 4.69) is 0 Å². The second-order valence-corrected chi connectivity index (χ2v) is 5.46. The Morgan fingerprint density at radius 2 is 1.90 bits per heavy atom. The summed E-state index contributed by atoms with van der Waals surface area (Å²) >= 11 is 12.1. The van der Waals surface area contributed by atoms with Crippen LogP contribution in [-0.4, -0.2) is 25.0 Å². The number of aryl methyl sites for hydroxylation is 1. The molecular formula is C15H15Cl2NO3. The van der Waals surface area contributed by atoms with Gasteiger partial charge in [-0.2, -0.15) is 0 Å². The second-order valence-electron chi connectivity index (χ2n) is 4.65. The van der Waals surface area contributed by atoms with Crippen LogP contribution in [0, 0.1) is 6.92 Å². The van der Waals surface area contributed by atoms with Gasteiger partial charge < -0.3 is 14.1 Å². The molecule has 1 amide bonds. The molecule has 0 atom stereocenters. The van der Waals surface area contributed by atoms with Crippen molar-refractivity contribution < 1.29 is 13.9 Å². The summed E-state index contributed by atoms with van der Waals surface area (Å²) in [7, 11) is 3.16. The summed E-state index contributed by atoms with van der Waals surface area (Å²) in [5, 5.41) is 0.603. The van der Waals surface area contributed by atoms with E-state index < -0.39 is 0 Å². The standard InChI is InChI=1S/C15H15Cl2NO3/c1-9-4-5-11(21-9)8-18(2)15(19)10-6-12(16)14(20-3)13(17)7-10/h4-7H,8H2,1-3H3. The molecule has 112 valence electrons. The van der Waals surface area contributed by atoms with Crippen molar-refractivity contribution in [3.8, 4) is 5.75 Å². The van der Waals surface area contributed by atoms with Gasteiger partial charge in [0.25, 0.3) is 5.91 Å². The Balaban J connectivity index is 2.19. The third-order valence-corrected chi connectivity index (χ3v) is 3.55. The number of ether oxygens (including phenoxy) is 1. The number of carbonyl (C=O) groups excluding carboxylic acids is 1. The van der Waals surface area contributed by atoms with Crippen LogP contribution in [0.3, 0.4) is 0 Å². The van der Waals surface area contributed by atoms with Crippen molar-refractivity contribution >= 4 is 29.1 Å². The molecule has 4 nitrogen and oxygen atoms in total. The van der Waals surface area contributed by atoms with Crippen molar-refractivity contribution in [2.75, 3.05) is 14.2 Å². The van der Waals surface area contributed by atoms with Crippen LogP contribution < -0.4 is 4.74 Å². The van der Waals surface area contributed by atoms with Crippen LogP contribution in [-0.2, 0) is 6.54 Å². The average Bonchev–Trinajstić information content (AvgIpc) is 2.82. The molecule has 0 aliphatic carbocycles.